The van der Waals surface area contributed by atoms with Crippen LogP contribution in [0.25, 0.3) is 16.8 Å². The summed E-state index contributed by atoms with van der Waals surface area (Å²) in [7, 11) is 0. The van der Waals surface area contributed by atoms with E-state index in [2.05, 4.69) is 44.0 Å². The zero-order chi connectivity index (χ0) is 33.4. The molecule has 2 N–H and O–H groups in total. The van der Waals surface area contributed by atoms with Crippen molar-refractivity contribution < 1.29 is 19.4 Å². The minimum atomic E-state index is -0.602. The number of amides is 1. The van der Waals surface area contributed by atoms with Crippen LogP contribution in [0.4, 0.5) is 0 Å². The number of ether oxygens (including phenoxy) is 2. The first kappa shape index (κ1) is 32.4. The number of para-hydroxylation sites is 1. The summed E-state index contributed by atoms with van der Waals surface area (Å²) in [6.07, 6.45) is 2.87. The number of aromatic nitrogens is 5. The van der Waals surface area contributed by atoms with Crippen molar-refractivity contribution >= 4 is 17.7 Å². The monoisotopic (exact) mass is 670 g/mol. The van der Waals surface area contributed by atoms with Crippen molar-refractivity contribution in [3.8, 4) is 16.8 Å². The fraction of sp³-hybridized carbons (Fsp3) is 0.184. The molecule has 3 atom stereocenters. The Morgan fingerprint density at radius 1 is 0.878 bits per heavy atom. The molecule has 246 valence electrons. The number of carbonyl (C=O) groups excluding carboxylic acids is 1. The summed E-state index contributed by atoms with van der Waals surface area (Å²) in [5, 5.41) is 25.6. The van der Waals surface area contributed by atoms with Crippen LogP contribution in [-0.2, 0) is 22.6 Å². The molecule has 7 rings (SSSR count). The molecule has 0 saturated carbocycles. The fourth-order valence-electron chi connectivity index (χ4n) is 5.74. The van der Waals surface area contributed by atoms with Crippen molar-refractivity contribution in [1.29, 1.82) is 0 Å². The highest BCUT2D eigenvalue weighted by atomic mass is 32.2. The number of thioether (sulfide) groups is 1. The van der Waals surface area contributed by atoms with Gasteiger partial charge in [0.1, 0.15) is 0 Å². The second-order valence-corrected chi connectivity index (χ2v) is 12.6. The van der Waals surface area contributed by atoms with Crippen molar-refractivity contribution in [3.05, 3.63) is 155 Å². The molecule has 1 amide bonds. The van der Waals surface area contributed by atoms with Crippen molar-refractivity contribution in [2.24, 2.45) is 0 Å². The second kappa shape index (κ2) is 15.3. The van der Waals surface area contributed by atoms with E-state index < -0.39 is 6.29 Å². The van der Waals surface area contributed by atoms with Crippen LogP contribution in [0.3, 0.4) is 0 Å². The number of nitrogens with one attached hydrogen (secondary N) is 1. The highest BCUT2D eigenvalue weighted by Gasteiger charge is 2.32. The van der Waals surface area contributed by atoms with Gasteiger partial charge in [-0.15, -0.1) is 5.10 Å². The van der Waals surface area contributed by atoms with Gasteiger partial charge in [-0.2, -0.15) is 4.68 Å². The molecule has 2 aromatic heterocycles. The summed E-state index contributed by atoms with van der Waals surface area (Å²) in [6.45, 7) is 0.365. The number of pyridine rings is 1. The molecule has 49 heavy (non-hydrogen) atoms. The van der Waals surface area contributed by atoms with Crippen molar-refractivity contribution in [3.63, 3.8) is 0 Å². The first-order chi connectivity index (χ1) is 24.1. The molecule has 10 nitrogen and oxygen atoms in total. The van der Waals surface area contributed by atoms with Gasteiger partial charge < -0.3 is 19.9 Å². The summed E-state index contributed by atoms with van der Waals surface area (Å²) in [5.74, 6) is 0.448. The molecular weight excluding hydrogens is 637 g/mol. The molecule has 1 saturated heterocycles. The lowest BCUT2D eigenvalue weighted by Crippen LogP contribution is -2.31. The molecular formula is C38H34N6O4S. The van der Waals surface area contributed by atoms with E-state index in [-0.39, 0.29) is 24.7 Å². The third-order valence-electron chi connectivity index (χ3n) is 8.33. The van der Waals surface area contributed by atoms with E-state index >= 15 is 0 Å². The molecule has 3 unspecified atom stereocenters. The maximum absolute atomic E-state index is 12.7. The first-order valence-corrected chi connectivity index (χ1v) is 17.0. The normalized spacial score (nSPS) is 17.4. The minimum Gasteiger partial charge on any atom is -0.392 e. The van der Waals surface area contributed by atoms with E-state index in [0.717, 1.165) is 39.1 Å². The third-order valence-corrected chi connectivity index (χ3v) is 9.38. The highest BCUT2D eigenvalue weighted by Crippen LogP contribution is 2.40. The van der Waals surface area contributed by atoms with Crippen LogP contribution in [0.5, 0.6) is 0 Å². The number of carbonyl (C=O) groups is 1. The molecule has 0 radical (unpaired) electrons. The Hall–Kier alpha value is -5.20. The van der Waals surface area contributed by atoms with E-state index in [9.17, 15) is 9.90 Å². The van der Waals surface area contributed by atoms with E-state index in [1.807, 2.05) is 84.9 Å². The number of aliphatic hydroxyl groups is 1. The van der Waals surface area contributed by atoms with Crippen LogP contribution in [-0.4, -0.2) is 48.1 Å². The summed E-state index contributed by atoms with van der Waals surface area (Å²) in [6, 6.07) is 37.4. The number of hydrogen-bond donors (Lipinski definition) is 2. The summed E-state index contributed by atoms with van der Waals surface area (Å²) >= 11 is 1.54. The van der Waals surface area contributed by atoms with Gasteiger partial charge in [-0.3, -0.25) is 9.78 Å². The number of hydrogen-bond acceptors (Lipinski definition) is 9. The van der Waals surface area contributed by atoms with Gasteiger partial charge in [0, 0.05) is 36.7 Å². The Labute approximate surface area is 288 Å². The van der Waals surface area contributed by atoms with Crippen molar-refractivity contribution in [2.75, 3.05) is 5.75 Å². The lowest BCUT2D eigenvalue weighted by atomic mass is 9.97. The topological polar surface area (TPSA) is 124 Å². The molecule has 1 aliphatic heterocycles. The van der Waals surface area contributed by atoms with Crippen LogP contribution in [0.1, 0.15) is 51.4 Å². The zero-order valence-corrected chi connectivity index (χ0v) is 27.3. The third kappa shape index (κ3) is 7.76. The number of benzene rings is 4. The molecule has 4 aromatic carbocycles. The maximum atomic E-state index is 12.7. The molecule has 6 aromatic rings. The van der Waals surface area contributed by atoms with Crippen LogP contribution in [0.15, 0.2) is 133 Å². The van der Waals surface area contributed by atoms with Crippen molar-refractivity contribution in [1.82, 2.24) is 30.5 Å². The SMILES string of the molecule is O=C(NCc1ccccc1-c1ccc(C2OC(CSc3nnnn3-c3ccccc3)CC(c3ccc(CO)cc3)O2)cc1)c1cccnc1. The first-order valence-electron chi connectivity index (χ1n) is 16.0. The standard InChI is InChI=1S/C38H34N6O4S/c45-24-26-12-14-28(15-13-26)35-21-33(25-49-38-41-42-43-44(38)32-9-2-1-3-10-32)47-37(48-35)29-18-16-27(17-19-29)34-11-5-4-7-30(34)23-40-36(46)31-8-6-20-39-22-31/h1-20,22,33,35,37,45H,21,23-25H2,(H,40,46). The van der Waals surface area contributed by atoms with Gasteiger partial charge in [0.2, 0.25) is 5.16 Å². The average Bonchev–Trinajstić information content (AvgIpc) is 3.66. The highest BCUT2D eigenvalue weighted by molar-refractivity contribution is 7.99. The molecule has 0 bridgehead atoms. The van der Waals surface area contributed by atoms with Crippen LogP contribution < -0.4 is 5.32 Å². The molecule has 11 heteroatoms. The van der Waals surface area contributed by atoms with Gasteiger partial charge in [0.25, 0.3) is 5.91 Å². The second-order valence-electron chi connectivity index (χ2n) is 11.6. The smallest absolute Gasteiger partial charge is 0.253 e. The Kier molecular flexibility index (Phi) is 10.1. The lowest BCUT2D eigenvalue weighted by molar-refractivity contribution is -0.245. The minimum absolute atomic E-state index is 0.0146. The Balaban J connectivity index is 1.09. The van der Waals surface area contributed by atoms with Crippen LogP contribution in [0.2, 0.25) is 0 Å². The van der Waals surface area contributed by atoms with E-state index in [0.29, 0.717) is 29.4 Å². The van der Waals surface area contributed by atoms with E-state index in [1.165, 1.54) is 0 Å². The van der Waals surface area contributed by atoms with Gasteiger partial charge in [0.15, 0.2) is 6.29 Å². The van der Waals surface area contributed by atoms with Gasteiger partial charge in [-0.1, -0.05) is 103 Å². The molecule has 0 aliphatic carbocycles. The van der Waals surface area contributed by atoms with E-state index in [1.54, 1.807) is 41.0 Å². The van der Waals surface area contributed by atoms with Gasteiger partial charge in [0.05, 0.1) is 30.1 Å². The van der Waals surface area contributed by atoms with E-state index in [4.69, 9.17) is 9.47 Å². The van der Waals surface area contributed by atoms with Crippen LogP contribution >= 0.6 is 11.8 Å². The zero-order valence-electron chi connectivity index (χ0n) is 26.5. The summed E-state index contributed by atoms with van der Waals surface area (Å²) in [4.78, 5) is 16.7. The lowest BCUT2D eigenvalue weighted by Gasteiger charge is -2.36. The Morgan fingerprint density at radius 3 is 2.43 bits per heavy atom. The summed E-state index contributed by atoms with van der Waals surface area (Å²) < 4.78 is 14.9. The predicted molar refractivity (Wildman–Crippen MR) is 186 cm³/mol. The largest absolute Gasteiger partial charge is 0.392 e. The molecule has 1 fully saturated rings. The van der Waals surface area contributed by atoms with Crippen LogP contribution in [0, 0.1) is 0 Å². The Morgan fingerprint density at radius 2 is 1.65 bits per heavy atom. The summed E-state index contributed by atoms with van der Waals surface area (Å²) in [5.41, 5.74) is 7.21. The quantitative estimate of drug-likeness (QED) is 0.149. The molecule has 3 heterocycles. The number of rotatable bonds is 11. The number of tetrazole rings is 1. The molecule has 1 aliphatic rings. The number of aliphatic hydroxyl groups excluding tert-OH is 1. The van der Waals surface area contributed by atoms with Gasteiger partial charge >= 0.3 is 0 Å². The van der Waals surface area contributed by atoms with Gasteiger partial charge in [-0.05, 0) is 62.5 Å². The number of nitrogens with zero attached hydrogens (tertiary/aromatic N) is 5. The fourth-order valence-corrected chi connectivity index (χ4v) is 6.65. The maximum Gasteiger partial charge on any atom is 0.253 e. The average molecular weight is 671 g/mol. The Bertz CT molecular complexity index is 1970. The molecule has 0 spiro atoms. The van der Waals surface area contributed by atoms with Gasteiger partial charge in [-0.25, -0.2) is 0 Å². The van der Waals surface area contributed by atoms with Crippen molar-refractivity contribution in [2.45, 2.75) is 43.2 Å². The predicted octanol–water partition coefficient (Wildman–Crippen LogP) is 6.48.